The van der Waals surface area contributed by atoms with E-state index in [9.17, 15) is 43.5 Å². The second kappa shape index (κ2) is 71.3. The molecule has 16 nitrogen and oxygen atoms in total. The highest BCUT2D eigenvalue weighted by Crippen LogP contribution is 2.45. The number of hydrogen-bond acceptors (Lipinski definition) is 14. The number of aliphatic hydroxyl groups is 2. The molecule has 0 aliphatic rings. The van der Waals surface area contributed by atoms with Crippen LogP contribution in [0, 0.1) is 0 Å². The summed E-state index contributed by atoms with van der Waals surface area (Å²) in [4.78, 5) is 58.5. The Morgan fingerprint density at radius 1 is 0.299 bits per heavy atom. The average molecular weight is 1400 g/mol. The Labute approximate surface area is 587 Å². The van der Waals surface area contributed by atoms with E-state index in [4.69, 9.17) is 32.3 Å². The first-order chi connectivity index (χ1) is 47.2. The smallest absolute Gasteiger partial charge is 0.463 e. The molecule has 0 aliphatic heterocycles. The van der Waals surface area contributed by atoms with Crippen molar-refractivity contribution in [2.75, 3.05) is 39.6 Å². The molecule has 0 aromatic heterocycles. The number of carbonyl (C=O) groups excluding carboxylic acids is 3. The first kappa shape index (κ1) is 92.4. The Balaban J connectivity index is 4.57. The van der Waals surface area contributed by atoms with Crippen LogP contribution in [-0.4, -0.2) is 95.9 Å². The lowest BCUT2D eigenvalue weighted by atomic mass is 10.1. The molecule has 4 N–H and O–H groups in total. The monoisotopic (exact) mass is 1400 g/mol. The lowest BCUT2D eigenvalue weighted by Gasteiger charge is -2.21. The Kier molecular flexibility index (Phi) is 67.9. The molecule has 0 aliphatic carbocycles. The highest BCUT2D eigenvalue weighted by atomic mass is 31.2. The molecule has 554 valence electrons. The molecule has 0 aromatic rings. The number of rotatable bonds is 69. The summed E-state index contributed by atoms with van der Waals surface area (Å²) in [5.74, 6) is -1.61. The van der Waals surface area contributed by atoms with Gasteiger partial charge in [0.1, 0.15) is 25.4 Å². The van der Waals surface area contributed by atoms with E-state index in [-0.39, 0.29) is 19.3 Å². The Morgan fingerprint density at radius 2 is 0.546 bits per heavy atom. The number of unbranched alkanes of at least 4 members (excludes halogenated alkanes) is 22. The van der Waals surface area contributed by atoms with Crippen LogP contribution in [0.3, 0.4) is 0 Å². The molecule has 0 spiro atoms. The number of carbonyl (C=O) groups is 3. The molecule has 0 fully saturated rings. The summed E-state index contributed by atoms with van der Waals surface area (Å²) in [6.07, 6.45) is 86.1. The Hall–Kier alpha value is -4.57. The Morgan fingerprint density at radius 3 is 0.866 bits per heavy atom. The van der Waals surface area contributed by atoms with E-state index in [1.165, 1.54) is 38.5 Å². The van der Waals surface area contributed by atoms with Crippen molar-refractivity contribution in [1.29, 1.82) is 0 Å². The number of hydrogen-bond donors (Lipinski definition) is 4. The Bertz CT molecular complexity index is 2350. The van der Waals surface area contributed by atoms with Crippen LogP contribution >= 0.6 is 15.6 Å². The molecule has 18 heteroatoms. The number of ether oxygens (including phenoxy) is 3. The largest absolute Gasteiger partial charge is 0.472 e. The van der Waals surface area contributed by atoms with Crippen LogP contribution in [0.25, 0.3) is 0 Å². The minimum absolute atomic E-state index is 0.0992. The van der Waals surface area contributed by atoms with Crippen LogP contribution in [0.2, 0.25) is 0 Å². The van der Waals surface area contributed by atoms with Gasteiger partial charge in [-0.05, 0) is 122 Å². The summed E-state index contributed by atoms with van der Waals surface area (Å²) in [7, 11) is -9.79. The van der Waals surface area contributed by atoms with Crippen LogP contribution in [0.5, 0.6) is 0 Å². The zero-order valence-corrected chi connectivity index (χ0v) is 62.0. The minimum Gasteiger partial charge on any atom is -0.463 e. The number of phosphoric ester groups is 2. The van der Waals surface area contributed by atoms with Gasteiger partial charge < -0.3 is 34.2 Å². The van der Waals surface area contributed by atoms with Gasteiger partial charge in [-0.3, -0.25) is 32.5 Å². The van der Waals surface area contributed by atoms with E-state index in [1.54, 1.807) is 0 Å². The predicted octanol–water partition coefficient (Wildman–Crippen LogP) is 21.3. The van der Waals surface area contributed by atoms with Crippen molar-refractivity contribution in [1.82, 2.24) is 0 Å². The first-order valence-electron chi connectivity index (χ1n) is 37.1. The summed E-state index contributed by atoms with van der Waals surface area (Å²) < 4.78 is 61.0. The van der Waals surface area contributed by atoms with Crippen molar-refractivity contribution in [3.63, 3.8) is 0 Å². The van der Waals surface area contributed by atoms with E-state index in [0.717, 1.165) is 180 Å². The van der Waals surface area contributed by atoms with E-state index in [0.29, 0.717) is 19.3 Å². The van der Waals surface area contributed by atoms with Gasteiger partial charge in [0, 0.05) is 19.3 Å². The maximum Gasteiger partial charge on any atom is 0.472 e. The quantitative estimate of drug-likeness (QED) is 0.0146. The maximum atomic E-state index is 12.9. The number of phosphoric acid groups is 2. The van der Waals surface area contributed by atoms with Crippen molar-refractivity contribution in [2.24, 2.45) is 0 Å². The summed E-state index contributed by atoms with van der Waals surface area (Å²) in [5, 5.41) is 20.6. The van der Waals surface area contributed by atoms with E-state index >= 15 is 0 Å². The molecule has 0 radical (unpaired) electrons. The van der Waals surface area contributed by atoms with Crippen molar-refractivity contribution in [2.45, 2.75) is 296 Å². The normalized spacial score (nSPS) is 14.9. The van der Waals surface area contributed by atoms with Crippen molar-refractivity contribution < 1.29 is 75.8 Å². The van der Waals surface area contributed by atoms with Gasteiger partial charge in [0.2, 0.25) is 0 Å². The van der Waals surface area contributed by atoms with E-state index in [2.05, 4.69) is 167 Å². The van der Waals surface area contributed by atoms with Gasteiger partial charge in [0.05, 0.1) is 26.4 Å². The van der Waals surface area contributed by atoms with E-state index < -0.39 is 91.5 Å². The fourth-order valence-electron chi connectivity index (χ4n) is 9.46. The first-order valence-corrected chi connectivity index (χ1v) is 40.1. The zero-order valence-electron chi connectivity index (χ0n) is 60.2. The molecule has 0 heterocycles. The number of aliphatic hydroxyl groups excluding tert-OH is 2. The molecular weight excluding hydrogens is 1270 g/mol. The second-order valence-corrected chi connectivity index (χ2v) is 27.2. The van der Waals surface area contributed by atoms with Crippen LogP contribution in [0.4, 0.5) is 0 Å². The standard InChI is InChI=1S/C79H132O16P2/c1-4-7-10-13-16-19-22-24-26-28-30-32-34-36-38-40-42-44-46-48-51-53-56-59-62-65-77(82)89-68-74(80)69-91-96(85,86)92-70-75(81)71-93-97(87,88)94-73-76(95-79(84)67-64-61-58-55-50-21-18-15-12-9-6-3)72-90-78(83)66-63-60-57-54-52-49-47-45-43-41-39-37-35-33-31-29-27-25-23-20-17-14-11-8-5-2/h7-8,10-11,16-17,19-20,24-27,30-33,36-39,42-45,74-76,80-81H,4-6,9,12-15,18,21-23,28-29,34-35,40-41,46-73H2,1-3H3,(H,85,86)(H,87,88)/b10-7-,11-8-,19-16-,20-17-,26-24-,27-25-,32-30-,33-31-,38-36-,39-37-,44-42-,45-43-. The fraction of sp³-hybridized carbons (Fsp3) is 0.658. The number of allylic oxidation sites excluding steroid dienone is 24. The van der Waals surface area contributed by atoms with Gasteiger partial charge in [0.15, 0.2) is 6.10 Å². The summed E-state index contributed by atoms with van der Waals surface area (Å²) in [6, 6.07) is 0. The maximum absolute atomic E-state index is 12.9. The van der Waals surface area contributed by atoms with Crippen LogP contribution in [0.15, 0.2) is 146 Å². The third kappa shape index (κ3) is 72.5. The molecule has 0 saturated carbocycles. The summed E-state index contributed by atoms with van der Waals surface area (Å²) >= 11 is 0. The molecule has 5 atom stereocenters. The predicted molar refractivity (Wildman–Crippen MR) is 399 cm³/mol. The average Bonchev–Trinajstić information content (AvgIpc) is 1.85. The minimum atomic E-state index is -4.93. The fourth-order valence-corrected chi connectivity index (χ4v) is 11.0. The lowest BCUT2D eigenvalue weighted by Crippen LogP contribution is -2.30. The van der Waals surface area contributed by atoms with Gasteiger partial charge in [-0.25, -0.2) is 9.13 Å². The molecule has 0 rings (SSSR count). The zero-order chi connectivity index (χ0) is 70.9. The molecule has 0 saturated heterocycles. The van der Waals surface area contributed by atoms with Crippen LogP contribution in [0.1, 0.15) is 278 Å². The van der Waals surface area contributed by atoms with Gasteiger partial charge >= 0.3 is 33.6 Å². The summed E-state index contributed by atoms with van der Waals surface area (Å²) in [6.45, 7) is 2.39. The van der Waals surface area contributed by atoms with Crippen molar-refractivity contribution >= 4 is 33.6 Å². The SMILES string of the molecule is CC/C=C\C/C=C\C/C=C\C/C=C\C/C=C\C/C=C\CCCCCCCCC(=O)OCC(O)COP(=O)(O)OCC(O)COP(=O)(O)OCC(COC(=O)CCCCCCCC/C=C\C/C=C\C/C=C\C/C=C\C/C=C\C/C=C\CC)OC(=O)CCCCCCCCCCCCC. The topological polar surface area (TPSA) is 231 Å². The van der Waals surface area contributed by atoms with Crippen molar-refractivity contribution in [3.8, 4) is 0 Å². The van der Waals surface area contributed by atoms with E-state index in [1.807, 2.05) is 0 Å². The van der Waals surface area contributed by atoms with Gasteiger partial charge in [-0.15, -0.1) is 0 Å². The molecule has 0 amide bonds. The van der Waals surface area contributed by atoms with Crippen LogP contribution < -0.4 is 0 Å². The molecule has 0 aromatic carbocycles. The highest BCUT2D eigenvalue weighted by Gasteiger charge is 2.29. The van der Waals surface area contributed by atoms with Gasteiger partial charge in [-0.2, -0.15) is 0 Å². The third-order valence-electron chi connectivity index (χ3n) is 15.1. The van der Waals surface area contributed by atoms with Crippen molar-refractivity contribution in [3.05, 3.63) is 146 Å². The molecular formula is C79H132O16P2. The lowest BCUT2D eigenvalue weighted by molar-refractivity contribution is -0.161. The number of esters is 3. The highest BCUT2D eigenvalue weighted by molar-refractivity contribution is 7.47. The molecule has 97 heavy (non-hydrogen) atoms. The second-order valence-electron chi connectivity index (χ2n) is 24.3. The summed E-state index contributed by atoms with van der Waals surface area (Å²) in [5.41, 5.74) is 0. The van der Waals surface area contributed by atoms with Crippen LogP contribution in [-0.2, 0) is 55.8 Å². The molecule has 0 bridgehead atoms. The third-order valence-corrected chi connectivity index (χ3v) is 17.0. The molecule has 5 unspecified atom stereocenters. The van der Waals surface area contributed by atoms with Gasteiger partial charge in [-0.1, -0.05) is 282 Å². The van der Waals surface area contributed by atoms with Gasteiger partial charge in [0.25, 0.3) is 0 Å².